The number of nitrogens with two attached hydrogens (primary N) is 1. The summed E-state index contributed by atoms with van der Waals surface area (Å²) in [6.45, 7) is 5.31. The number of carboxylic acid groups (broad SMARTS) is 2. The Morgan fingerprint density at radius 2 is 1.71 bits per heavy atom. The van der Waals surface area contributed by atoms with Crippen molar-refractivity contribution in [2.45, 2.75) is 39.0 Å². The van der Waals surface area contributed by atoms with Crippen molar-refractivity contribution in [2.24, 2.45) is 5.73 Å². The van der Waals surface area contributed by atoms with Gasteiger partial charge < -0.3 is 25.6 Å². The van der Waals surface area contributed by atoms with Crippen LogP contribution >= 0.6 is 0 Å². The van der Waals surface area contributed by atoms with Crippen LogP contribution in [0.15, 0.2) is 40.7 Å². The minimum Gasteiger partial charge on any atom is -0.493 e. The van der Waals surface area contributed by atoms with Crippen molar-refractivity contribution in [1.82, 2.24) is 4.90 Å². The van der Waals surface area contributed by atoms with Gasteiger partial charge in [0.05, 0.1) is 28.1 Å². The molecule has 0 saturated carbocycles. The maximum Gasteiger partial charge on any atom is 0.334 e. The molecule has 0 amide bonds. The van der Waals surface area contributed by atoms with Gasteiger partial charge in [-0.05, 0) is 46.2 Å². The maximum atomic E-state index is 12.3. The van der Waals surface area contributed by atoms with Crippen molar-refractivity contribution in [2.75, 3.05) is 20.2 Å². The molecule has 0 saturated heterocycles. The number of ether oxygens (including phenoxy) is 1. The normalized spacial score (nSPS) is 15.8. The third kappa shape index (κ3) is 4.24. The molecule has 0 unspecified atom stereocenters. The number of nitro benzene ring substituents is 1. The summed E-state index contributed by atoms with van der Waals surface area (Å²) in [4.78, 5) is 37.0. The van der Waals surface area contributed by atoms with E-state index >= 15 is 0 Å². The fourth-order valence-electron chi connectivity index (χ4n) is 4.02. The van der Waals surface area contributed by atoms with Crippen LogP contribution in [-0.2, 0) is 15.0 Å². The first kappa shape index (κ1) is 23.9. The first-order chi connectivity index (χ1) is 14.5. The Kier molecular flexibility index (Phi) is 7.06. The van der Waals surface area contributed by atoms with Crippen LogP contribution in [0, 0.1) is 10.1 Å². The number of nitrogens with zero attached hydrogens (tertiary/aromatic N) is 2. The lowest BCUT2D eigenvalue weighted by atomic mass is 9.66. The van der Waals surface area contributed by atoms with Crippen molar-refractivity contribution < 1.29 is 29.5 Å². The van der Waals surface area contributed by atoms with E-state index in [0.717, 1.165) is 0 Å². The number of aliphatic carboxylic acids is 2. The van der Waals surface area contributed by atoms with Gasteiger partial charge in [-0.15, -0.1) is 0 Å². The molecule has 10 nitrogen and oxygen atoms in total. The van der Waals surface area contributed by atoms with E-state index in [9.17, 15) is 29.9 Å². The lowest BCUT2D eigenvalue weighted by Gasteiger charge is -2.42. The number of non-ortho nitro benzene ring substituents is 1. The molecule has 0 fully saturated rings. The third-order valence-corrected chi connectivity index (χ3v) is 5.73. The molecule has 2 rings (SSSR count). The van der Waals surface area contributed by atoms with E-state index in [4.69, 9.17) is 10.5 Å². The Balaban J connectivity index is 2.86. The Labute approximate surface area is 179 Å². The average Bonchev–Trinajstić information content (AvgIpc) is 2.69. The van der Waals surface area contributed by atoms with Gasteiger partial charge in [-0.25, -0.2) is 9.59 Å². The van der Waals surface area contributed by atoms with Crippen LogP contribution in [0.25, 0.3) is 0 Å². The highest BCUT2D eigenvalue weighted by Crippen LogP contribution is 2.50. The van der Waals surface area contributed by atoms with Gasteiger partial charge in [-0.2, -0.15) is 0 Å². The summed E-state index contributed by atoms with van der Waals surface area (Å²) in [6.07, 6.45) is 1.32. The first-order valence-corrected chi connectivity index (χ1v) is 9.73. The number of carboxylic acids is 2. The molecule has 168 valence electrons. The zero-order valence-corrected chi connectivity index (χ0v) is 18.0. The molecule has 0 bridgehead atoms. The first-order valence-electron chi connectivity index (χ1n) is 9.73. The minimum atomic E-state index is -1.70. The van der Waals surface area contributed by atoms with Crippen LogP contribution in [-0.4, -0.2) is 52.2 Å². The van der Waals surface area contributed by atoms with Gasteiger partial charge in [0.15, 0.2) is 0 Å². The molecule has 0 aromatic heterocycles. The molecule has 0 spiro atoms. The zero-order valence-electron chi connectivity index (χ0n) is 18.0. The van der Waals surface area contributed by atoms with Crippen molar-refractivity contribution in [3.05, 3.63) is 56.4 Å². The fraction of sp³-hybridized carbons (Fsp3) is 0.429. The van der Waals surface area contributed by atoms with Gasteiger partial charge in [0.1, 0.15) is 5.75 Å². The molecule has 10 heteroatoms. The van der Waals surface area contributed by atoms with Crippen molar-refractivity contribution >= 4 is 17.6 Å². The Hall–Kier alpha value is -3.40. The van der Waals surface area contributed by atoms with Crippen molar-refractivity contribution in [3.8, 4) is 5.75 Å². The van der Waals surface area contributed by atoms with Gasteiger partial charge in [0.2, 0.25) is 0 Å². The van der Waals surface area contributed by atoms with Gasteiger partial charge in [-0.1, -0.05) is 0 Å². The van der Waals surface area contributed by atoms with Crippen LogP contribution in [0.2, 0.25) is 0 Å². The smallest absolute Gasteiger partial charge is 0.334 e. The summed E-state index contributed by atoms with van der Waals surface area (Å²) < 4.78 is 5.82. The quantitative estimate of drug-likeness (QED) is 0.302. The van der Waals surface area contributed by atoms with E-state index in [2.05, 4.69) is 0 Å². The maximum absolute atomic E-state index is 12.3. The van der Waals surface area contributed by atoms with Gasteiger partial charge in [0.25, 0.3) is 5.69 Å². The molecule has 0 atom stereocenters. The Bertz CT molecular complexity index is 943. The second kappa shape index (κ2) is 9.17. The highest BCUT2D eigenvalue weighted by atomic mass is 16.6. The third-order valence-electron chi connectivity index (χ3n) is 5.73. The summed E-state index contributed by atoms with van der Waals surface area (Å²) in [7, 11) is 1.58. The molecular formula is C21H27N3O7. The predicted molar refractivity (Wildman–Crippen MR) is 113 cm³/mol. The van der Waals surface area contributed by atoms with E-state index < -0.39 is 22.3 Å². The zero-order chi connectivity index (χ0) is 23.5. The molecule has 1 aromatic rings. The molecule has 0 aliphatic carbocycles. The second-order valence-corrected chi connectivity index (χ2v) is 7.50. The Morgan fingerprint density at radius 1 is 1.16 bits per heavy atom. The number of nitro groups is 1. The molecular weight excluding hydrogens is 406 g/mol. The van der Waals surface area contributed by atoms with Crippen LogP contribution in [0.3, 0.4) is 0 Å². The predicted octanol–water partition coefficient (Wildman–Crippen LogP) is 2.63. The Morgan fingerprint density at radius 3 is 2.16 bits per heavy atom. The van der Waals surface area contributed by atoms with E-state index in [1.54, 1.807) is 20.9 Å². The standard InChI is InChI=1S/C21H27N3O7/c1-12-17(19(25)26)21(3,18(20(27)28)13(2)23(12)4)15-11-14(24(29)30)7-8-16(15)31-10-6-5-9-22/h7-8,11H,5-6,9-10,22H2,1-4H3,(H,25,26)(H,27,28). The van der Waals surface area contributed by atoms with Crippen LogP contribution < -0.4 is 10.5 Å². The summed E-state index contributed by atoms with van der Waals surface area (Å²) in [5, 5.41) is 31.5. The van der Waals surface area contributed by atoms with Crippen LogP contribution in [0.1, 0.15) is 39.2 Å². The fourth-order valence-corrected chi connectivity index (χ4v) is 4.02. The van der Waals surface area contributed by atoms with E-state index in [-0.39, 0.29) is 34.8 Å². The number of hydrogen-bond acceptors (Lipinski definition) is 7. The number of rotatable bonds is 9. The van der Waals surface area contributed by atoms with Gasteiger partial charge in [-0.3, -0.25) is 10.1 Å². The van der Waals surface area contributed by atoms with E-state index in [1.165, 1.54) is 30.0 Å². The van der Waals surface area contributed by atoms with Gasteiger partial charge >= 0.3 is 11.9 Å². The SMILES string of the molecule is CC1=C(C(=O)O)C(C)(c2cc([N+](=O)[O-])ccc2OCCCCN)C(C(=O)O)=C(C)N1C. The minimum absolute atomic E-state index is 0.107. The molecule has 31 heavy (non-hydrogen) atoms. The van der Waals surface area contributed by atoms with Crippen LogP contribution in [0.5, 0.6) is 5.75 Å². The lowest BCUT2D eigenvalue weighted by Crippen LogP contribution is -2.43. The topological polar surface area (TPSA) is 156 Å². The summed E-state index contributed by atoms with van der Waals surface area (Å²) >= 11 is 0. The van der Waals surface area contributed by atoms with Gasteiger partial charge in [0, 0.05) is 36.1 Å². The number of allylic oxidation sites excluding steroid dienone is 2. The number of benzene rings is 1. The molecule has 4 N–H and O–H groups in total. The number of hydrogen-bond donors (Lipinski definition) is 3. The molecule has 1 heterocycles. The average molecular weight is 433 g/mol. The molecule has 1 aromatic carbocycles. The lowest BCUT2D eigenvalue weighted by molar-refractivity contribution is -0.385. The number of unbranched alkanes of at least 4 members (excludes halogenated alkanes) is 1. The molecule has 1 aliphatic rings. The van der Waals surface area contributed by atoms with Crippen molar-refractivity contribution in [3.63, 3.8) is 0 Å². The highest BCUT2D eigenvalue weighted by molar-refractivity contribution is 6.00. The monoisotopic (exact) mass is 433 g/mol. The largest absolute Gasteiger partial charge is 0.493 e. The van der Waals surface area contributed by atoms with Crippen LogP contribution in [0.4, 0.5) is 5.69 Å². The van der Waals surface area contributed by atoms with E-state index in [1.807, 2.05) is 0 Å². The number of carbonyl (C=O) groups is 2. The summed E-state index contributed by atoms with van der Waals surface area (Å²) in [5.41, 5.74) is 3.89. The van der Waals surface area contributed by atoms with E-state index in [0.29, 0.717) is 30.8 Å². The summed E-state index contributed by atoms with van der Waals surface area (Å²) in [5.74, 6) is -2.45. The summed E-state index contributed by atoms with van der Waals surface area (Å²) in [6, 6.07) is 3.81. The molecule has 0 radical (unpaired) electrons. The second-order valence-electron chi connectivity index (χ2n) is 7.50. The van der Waals surface area contributed by atoms with Crippen molar-refractivity contribution in [1.29, 1.82) is 0 Å². The highest BCUT2D eigenvalue weighted by Gasteiger charge is 2.50. The molecule has 1 aliphatic heterocycles.